The third-order valence-corrected chi connectivity index (χ3v) is 3.89. The summed E-state index contributed by atoms with van der Waals surface area (Å²) < 4.78 is 2.55. The summed E-state index contributed by atoms with van der Waals surface area (Å²) in [5, 5.41) is 11.6. The van der Waals surface area contributed by atoms with Crippen molar-refractivity contribution in [3.8, 4) is 6.07 Å². The zero-order valence-electron chi connectivity index (χ0n) is 15.1. The lowest BCUT2D eigenvalue weighted by atomic mass is 10.2. The highest BCUT2D eigenvalue weighted by molar-refractivity contribution is 5.92. The number of allylic oxidation sites excluding steroid dienone is 2. The van der Waals surface area contributed by atoms with E-state index < -0.39 is 23.0 Å². The van der Waals surface area contributed by atoms with E-state index in [0.29, 0.717) is 11.3 Å². The number of aromatic nitrogens is 3. The number of hydrogen-bond donors (Lipinski definition) is 1. The number of benzene rings is 1. The monoisotopic (exact) mass is 381 g/mol. The van der Waals surface area contributed by atoms with Crippen LogP contribution in [0.2, 0.25) is 0 Å². The number of carbonyl (C=O) groups excluding carboxylic acids is 1. The predicted octanol–water partition coefficient (Wildman–Crippen LogP) is 0.444. The fourth-order valence-corrected chi connectivity index (χ4v) is 2.56. The zero-order chi connectivity index (χ0) is 20.7. The largest absolute Gasteiger partial charge is 0.336 e. The van der Waals surface area contributed by atoms with E-state index in [0.717, 1.165) is 13.7 Å². The molecule has 1 aromatic carbocycles. The van der Waals surface area contributed by atoms with Crippen LogP contribution < -0.4 is 22.4 Å². The molecule has 0 atom stereocenters. The van der Waals surface area contributed by atoms with Crippen LogP contribution >= 0.6 is 0 Å². The molecule has 144 valence electrons. The van der Waals surface area contributed by atoms with Crippen molar-refractivity contribution in [3.63, 3.8) is 0 Å². The molecular weight excluding hydrogens is 362 g/mol. The van der Waals surface area contributed by atoms with Gasteiger partial charge in [0.15, 0.2) is 0 Å². The molecule has 0 radical (unpaired) electrons. The summed E-state index contributed by atoms with van der Waals surface area (Å²) in [6.45, 7) is 6.62. The summed E-state index contributed by atoms with van der Waals surface area (Å²) in [4.78, 5) is 49.5. The van der Waals surface area contributed by atoms with Crippen LogP contribution in [-0.4, -0.2) is 19.6 Å². The summed E-state index contributed by atoms with van der Waals surface area (Å²) in [7, 11) is 0. The van der Waals surface area contributed by atoms with E-state index in [1.165, 1.54) is 12.2 Å². The highest BCUT2D eigenvalue weighted by Gasteiger charge is 2.15. The van der Waals surface area contributed by atoms with Gasteiger partial charge in [0.2, 0.25) is 5.91 Å². The van der Waals surface area contributed by atoms with Gasteiger partial charge in [0.1, 0.15) is 6.07 Å². The Balaban J connectivity index is 2.32. The molecule has 0 unspecified atom stereocenters. The lowest BCUT2D eigenvalue weighted by Gasteiger charge is -2.12. The highest BCUT2D eigenvalue weighted by Crippen LogP contribution is 2.13. The van der Waals surface area contributed by atoms with Crippen LogP contribution in [0.1, 0.15) is 12.0 Å². The Bertz CT molecular complexity index is 1080. The Morgan fingerprint density at radius 2 is 1.54 bits per heavy atom. The quantitative estimate of drug-likeness (QED) is 0.666. The van der Waals surface area contributed by atoms with E-state index >= 15 is 0 Å². The van der Waals surface area contributed by atoms with E-state index in [4.69, 9.17) is 5.26 Å². The van der Waals surface area contributed by atoms with Gasteiger partial charge in [-0.15, -0.1) is 13.2 Å². The molecule has 0 saturated carbocycles. The number of nitrogens with zero attached hydrogens (tertiary/aromatic N) is 4. The van der Waals surface area contributed by atoms with Gasteiger partial charge >= 0.3 is 17.1 Å². The molecule has 1 amide bonds. The molecule has 1 aromatic heterocycles. The minimum atomic E-state index is -0.819. The lowest BCUT2D eigenvalue weighted by Crippen LogP contribution is -2.54. The molecule has 1 heterocycles. The smallest absolute Gasteiger partial charge is 0.325 e. The van der Waals surface area contributed by atoms with Crippen molar-refractivity contribution < 1.29 is 4.79 Å². The fourth-order valence-electron chi connectivity index (χ4n) is 2.56. The molecule has 1 N–H and O–H groups in total. The molecule has 28 heavy (non-hydrogen) atoms. The predicted molar refractivity (Wildman–Crippen MR) is 104 cm³/mol. The summed E-state index contributed by atoms with van der Waals surface area (Å²) >= 11 is 0. The Morgan fingerprint density at radius 1 is 1.00 bits per heavy atom. The van der Waals surface area contributed by atoms with Crippen molar-refractivity contribution >= 4 is 11.6 Å². The van der Waals surface area contributed by atoms with E-state index in [2.05, 4.69) is 18.5 Å². The molecule has 2 aromatic rings. The Kier molecular flexibility index (Phi) is 6.65. The number of amides is 1. The molecule has 9 nitrogen and oxygen atoms in total. The first-order chi connectivity index (χ1) is 13.4. The van der Waals surface area contributed by atoms with Gasteiger partial charge in [0, 0.05) is 13.0 Å². The maximum absolute atomic E-state index is 12.5. The third-order valence-electron chi connectivity index (χ3n) is 3.89. The van der Waals surface area contributed by atoms with Gasteiger partial charge in [-0.1, -0.05) is 24.3 Å². The molecule has 0 saturated heterocycles. The van der Waals surface area contributed by atoms with Crippen LogP contribution in [0.5, 0.6) is 0 Å². The first-order valence-corrected chi connectivity index (χ1v) is 8.39. The number of rotatable bonds is 8. The minimum absolute atomic E-state index is 0.0726. The van der Waals surface area contributed by atoms with Crippen molar-refractivity contribution in [2.45, 2.75) is 26.1 Å². The number of para-hydroxylation sites is 1. The van der Waals surface area contributed by atoms with Crippen LogP contribution in [0.15, 0.2) is 64.0 Å². The molecule has 0 aliphatic rings. The summed E-state index contributed by atoms with van der Waals surface area (Å²) in [6.07, 6.45) is 2.53. The van der Waals surface area contributed by atoms with Crippen molar-refractivity contribution in [1.29, 1.82) is 5.26 Å². The number of nitrogens with one attached hydrogen (secondary N) is 1. The van der Waals surface area contributed by atoms with Gasteiger partial charge in [0.05, 0.1) is 24.3 Å². The van der Waals surface area contributed by atoms with E-state index in [9.17, 15) is 19.2 Å². The van der Waals surface area contributed by atoms with E-state index in [-0.39, 0.29) is 26.1 Å². The van der Waals surface area contributed by atoms with Gasteiger partial charge in [0.25, 0.3) is 0 Å². The standard InChI is InChI=1S/C19H19N5O4/c1-3-10-22-17(26)23(11-4-2)19(28)24(18(22)27)12-9-16(25)21-15-8-6-5-7-14(15)13-20/h3-8H,1-2,9-12H2,(H,21,25). The van der Waals surface area contributed by atoms with Crippen molar-refractivity contribution in [1.82, 2.24) is 13.7 Å². The maximum atomic E-state index is 12.5. The second-order valence-corrected chi connectivity index (χ2v) is 5.75. The fraction of sp³-hybridized carbons (Fsp3) is 0.211. The average molecular weight is 381 g/mol. The van der Waals surface area contributed by atoms with Gasteiger partial charge in [-0.25, -0.2) is 28.1 Å². The van der Waals surface area contributed by atoms with Crippen LogP contribution in [0.4, 0.5) is 5.69 Å². The molecule has 2 rings (SSSR count). The van der Waals surface area contributed by atoms with Gasteiger partial charge in [-0.05, 0) is 12.1 Å². The topological polar surface area (TPSA) is 119 Å². The number of nitriles is 1. The Morgan fingerprint density at radius 3 is 2.07 bits per heavy atom. The maximum Gasteiger partial charge on any atom is 0.336 e. The molecule has 0 bridgehead atoms. The summed E-state index contributed by atoms with van der Waals surface area (Å²) in [6, 6.07) is 8.42. The number of anilines is 1. The number of carbonyl (C=O) groups is 1. The van der Waals surface area contributed by atoms with Crippen LogP contribution in [0.25, 0.3) is 0 Å². The Hall–Kier alpha value is -3.93. The number of hydrogen-bond acceptors (Lipinski definition) is 5. The third kappa shape index (κ3) is 4.24. The van der Waals surface area contributed by atoms with E-state index in [1.807, 2.05) is 6.07 Å². The average Bonchev–Trinajstić information content (AvgIpc) is 2.69. The molecular formula is C19H19N5O4. The lowest BCUT2D eigenvalue weighted by molar-refractivity contribution is -0.116. The van der Waals surface area contributed by atoms with Gasteiger partial charge in [-0.3, -0.25) is 4.79 Å². The van der Waals surface area contributed by atoms with Gasteiger partial charge < -0.3 is 5.32 Å². The van der Waals surface area contributed by atoms with Crippen molar-refractivity contribution in [2.75, 3.05) is 5.32 Å². The molecule has 0 aliphatic heterocycles. The zero-order valence-corrected chi connectivity index (χ0v) is 15.1. The van der Waals surface area contributed by atoms with Crippen LogP contribution in [0, 0.1) is 11.3 Å². The molecule has 0 aliphatic carbocycles. The molecule has 9 heteroatoms. The van der Waals surface area contributed by atoms with Crippen molar-refractivity contribution in [3.05, 3.63) is 86.6 Å². The van der Waals surface area contributed by atoms with Crippen LogP contribution in [-0.2, 0) is 24.4 Å². The van der Waals surface area contributed by atoms with Gasteiger partial charge in [-0.2, -0.15) is 5.26 Å². The highest BCUT2D eigenvalue weighted by atomic mass is 16.2. The minimum Gasteiger partial charge on any atom is -0.325 e. The summed E-state index contributed by atoms with van der Waals surface area (Å²) in [5.74, 6) is -0.481. The summed E-state index contributed by atoms with van der Waals surface area (Å²) in [5.41, 5.74) is -1.77. The van der Waals surface area contributed by atoms with Crippen molar-refractivity contribution in [2.24, 2.45) is 0 Å². The normalized spacial score (nSPS) is 10.1. The second-order valence-electron chi connectivity index (χ2n) is 5.75. The molecule has 0 fully saturated rings. The van der Waals surface area contributed by atoms with E-state index in [1.54, 1.807) is 24.3 Å². The SMILES string of the molecule is C=CCn1c(=O)n(CC=C)c(=O)n(CCC(=O)Nc2ccccc2C#N)c1=O. The first kappa shape index (κ1) is 20.4. The first-order valence-electron chi connectivity index (χ1n) is 8.39. The molecule has 0 spiro atoms. The van der Waals surface area contributed by atoms with Crippen LogP contribution in [0.3, 0.4) is 0 Å². The second kappa shape index (κ2) is 9.14. The Labute approximate surface area is 160 Å².